The van der Waals surface area contributed by atoms with Gasteiger partial charge in [0.25, 0.3) is 0 Å². The van der Waals surface area contributed by atoms with Gasteiger partial charge in [-0.05, 0) is 38.1 Å². The number of likely N-dealkylation sites (tertiary alicyclic amines) is 1. The minimum absolute atomic E-state index is 0.212. The fourth-order valence-electron chi connectivity index (χ4n) is 2.38. The maximum absolute atomic E-state index is 11.9. The van der Waals surface area contributed by atoms with Crippen molar-refractivity contribution in [1.82, 2.24) is 4.90 Å². The Labute approximate surface area is 108 Å². The number of amides is 1. The zero-order valence-electron chi connectivity index (χ0n) is 10.9. The maximum atomic E-state index is 11.9. The van der Waals surface area contributed by atoms with Crippen LogP contribution in [0.2, 0.25) is 0 Å². The summed E-state index contributed by atoms with van der Waals surface area (Å²) in [6, 6.07) is 0. The van der Waals surface area contributed by atoms with Crippen molar-refractivity contribution in [3.63, 3.8) is 0 Å². The van der Waals surface area contributed by atoms with Gasteiger partial charge in [0, 0.05) is 25.9 Å². The monoisotopic (exact) mass is 256 g/mol. The highest BCUT2D eigenvalue weighted by Crippen LogP contribution is 2.22. The van der Waals surface area contributed by atoms with Crippen LogP contribution in [0, 0.1) is 5.92 Å². The normalized spacial score (nSPS) is 19.2. The van der Waals surface area contributed by atoms with E-state index in [9.17, 15) is 9.59 Å². The van der Waals surface area contributed by atoms with Gasteiger partial charge in [0.2, 0.25) is 5.91 Å². The van der Waals surface area contributed by atoms with Gasteiger partial charge in [-0.25, -0.2) is 0 Å². The summed E-state index contributed by atoms with van der Waals surface area (Å²) in [5, 5.41) is 8.62. The average Bonchev–Trinajstić information content (AvgIpc) is 2.80. The highest BCUT2D eigenvalue weighted by atomic mass is 16.4. The molecule has 0 radical (unpaired) electrons. The molecule has 0 aromatic heterocycles. The Morgan fingerprint density at radius 3 is 2.67 bits per heavy atom. The number of carbonyl (C=O) groups excluding carboxylic acids is 1. The number of carboxylic acids is 1. The molecule has 3 N–H and O–H groups in total. The van der Waals surface area contributed by atoms with E-state index in [2.05, 4.69) is 0 Å². The summed E-state index contributed by atoms with van der Waals surface area (Å²) in [6.07, 6.45) is 5.35. The Morgan fingerprint density at radius 2 is 2.00 bits per heavy atom. The molecule has 0 bridgehead atoms. The van der Waals surface area contributed by atoms with Crippen molar-refractivity contribution >= 4 is 11.9 Å². The van der Waals surface area contributed by atoms with Gasteiger partial charge in [-0.3, -0.25) is 9.59 Å². The van der Waals surface area contributed by atoms with E-state index in [1.54, 1.807) is 0 Å². The minimum Gasteiger partial charge on any atom is -0.481 e. The predicted molar refractivity (Wildman–Crippen MR) is 69.1 cm³/mol. The zero-order valence-corrected chi connectivity index (χ0v) is 10.9. The first kappa shape index (κ1) is 15.0. The fraction of sp³-hybridized carbons (Fsp3) is 0.846. The second-order valence-corrected chi connectivity index (χ2v) is 5.03. The van der Waals surface area contributed by atoms with Crippen LogP contribution < -0.4 is 5.73 Å². The quantitative estimate of drug-likeness (QED) is 0.640. The van der Waals surface area contributed by atoms with Gasteiger partial charge in [0.15, 0.2) is 0 Å². The van der Waals surface area contributed by atoms with Crippen molar-refractivity contribution in [3.05, 3.63) is 0 Å². The minimum atomic E-state index is -0.749. The second-order valence-electron chi connectivity index (χ2n) is 5.03. The topological polar surface area (TPSA) is 83.6 Å². The Bertz CT molecular complexity index is 281. The number of unbranched alkanes of at least 4 members (excludes halogenated alkanes) is 2. The number of nitrogens with zero attached hydrogens (tertiary/aromatic N) is 1. The van der Waals surface area contributed by atoms with E-state index in [1.807, 2.05) is 4.90 Å². The molecule has 1 amide bonds. The van der Waals surface area contributed by atoms with Crippen molar-refractivity contribution in [2.45, 2.75) is 44.9 Å². The number of rotatable bonds is 8. The molecule has 0 aromatic carbocycles. The smallest absolute Gasteiger partial charge is 0.303 e. The molecule has 1 heterocycles. The van der Waals surface area contributed by atoms with E-state index in [4.69, 9.17) is 10.8 Å². The lowest BCUT2D eigenvalue weighted by atomic mass is 10.0. The molecule has 0 spiro atoms. The molecule has 1 fully saturated rings. The molecular formula is C13H24N2O3. The molecule has 1 aliphatic heterocycles. The molecule has 1 aliphatic rings. The molecule has 1 unspecified atom stereocenters. The first-order valence-electron chi connectivity index (χ1n) is 6.83. The lowest BCUT2D eigenvalue weighted by Gasteiger charge is -2.16. The van der Waals surface area contributed by atoms with Gasteiger partial charge < -0.3 is 15.7 Å². The predicted octanol–water partition coefficient (Wildman–Crippen LogP) is 1.22. The van der Waals surface area contributed by atoms with Crippen LogP contribution in [-0.4, -0.2) is 41.5 Å². The molecule has 104 valence electrons. The highest BCUT2D eigenvalue weighted by Gasteiger charge is 2.25. The van der Waals surface area contributed by atoms with Crippen molar-refractivity contribution in [3.8, 4) is 0 Å². The Hall–Kier alpha value is -1.10. The Kier molecular flexibility index (Phi) is 6.72. The summed E-state index contributed by atoms with van der Waals surface area (Å²) in [4.78, 5) is 24.2. The third-order valence-corrected chi connectivity index (χ3v) is 3.50. The van der Waals surface area contributed by atoms with Crippen molar-refractivity contribution < 1.29 is 14.7 Å². The van der Waals surface area contributed by atoms with Gasteiger partial charge in [-0.2, -0.15) is 0 Å². The van der Waals surface area contributed by atoms with E-state index in [1.165, 1.54) is 0 Å². The number of nitrogens with two attached hydrogens (primary N) is 1. The summed E-state index contributed by atoms with van der Waals surface area (Å²) < 4.78 is 0. The highest BCUT2D eigenvalue weighted by molar-refractivity contribution is 5.76. The first-order valence-corrected chi connectivity index (χ1v) is 6.83. The van der Waals surface area contributed by atoms with Crippen LogP contribution in [-0.2, 0) is 9.59 Å². The third-order valence-electron chi connectivity index (χ3n) is 3.50. The molecule has 1 saturated heterocycles. The zero-order chi connectivity index (χ0) is 13.4. The van der Waals surface area contributed by atoms with Gasteiger partial charge >= 0.3 is 5.97 Å². The molecular weight excluding hydrogens is 232 g/mol. The number of hydrogen-bond donors (Lipinski definition) is 2. The lowest BCUT2D eigenvalue weighted by molar-refractivity contribution is -0.137. The fourth-order valence-corrected chi connectivity index (χ4v) is 2.38. The molecule has 0 aliphatic carbocycles. The number of carboxylic acid groups (broad SMARTS) is 1. The number of aliphatic carboxylic acids is 1. The summed E-state index contributed by atoms with van der Waals surface area (Å²) in [5.41, 5.74) is 5.40. The molecule has 18 heavy (non-hydrogen) atoms. The van der Waals surface area contributed by atoms with Crippen LogP contribution in [0.4, 0.5) is 0 Å². The SMILES string of the molecule is NCCCCCC(=O)N1CCC(CCC(=O)O)C1. The Morgan fingerprint density at radius 1 is 1.22 bits per heavy atom. The van der Waals surface area contributed by atoms with E-state index in [0.717, 1.165) is 38.8 Å². The van der Waals surface area contributed by atoms with Gasteiger partial charge in [0.05, 0.1) is 0 Å². The summed E-state index contributed by atoms with van der Waals surface area (Å²) in [7, 11) is 0. The van der Waals surface area contributed by atoms with E-state index < -0.39 is 5.97 Å². The first-order chi connectivity index (χ1) is 8.63. The van der Waals surface area contributed by atoms with E-state index >= 15 is 0 Å². The van der Waals surface area contributed by atoms with Gasteiger partial charge in [-0.15, -0.1) is 0 Å². The van der Waals surface area contributed by atoms with Crippen LogP contribution >= 0.6 is 0 Å². The summed E-state index contributed by atoms with van der Waals surface area (Å²) in [6.45, 7) is 2.22. The van der Waals surface area contributed by atoms with Crippen molar-refractivity contribution in [1.29, 1.82) is 0 Å². The number of hydrogen-bond acceptors (Lipinski definition) is 3. The molecule has 1 atom stereocenters. The van der Waals surface area contributed by atoms with Gasteiger partial charge in [0.1, 0.15) is 0 Å². The van der Waals surface area contributed by atoms with Crippen molar-refractivity contribution in [2.24, 2.45) is 11.7 Å². The molecule has 5 heteroatoms. The maximum Gasteiger partial charge on any atom is 0.303 e. The summed E-state index contributed by atoms with van der Waals surface area (Å²) >= 11 is 0. The molecule has 0 aromatic rings. The number of carbonyl (C=O) groups is 2. The van der Waals surface area contributed by atoms with Crippen LogP contribution in [0.25, 0.3) is 0 Å². The van der Waals surface area contributed by atoms with Crippen LogP contribution in [0.15, 0.2) is 0 Å². The lowest BCUT2D eigenvalue weighted by Crippen LogP contribution is -2.28. The third kappa shape index (κ3) is 5.49. The largest absolute Gasteiger partial charge is 0.481 e. The van der Waals surface area contributed by atoms with Crippen LogP contribution in [0.5, 0.6) is 0 Å². The van der Waals surface area contributed by atoms with Crippen LogP contribution in [0.3, 0.4) is 0 Å². The standard InChI is InChI=1S/C13H24N2O3/c14-8-3-1-2-4-12(16)15-9-7-11(10-15)5-6-13(17)18/h11H,1-10,14H2,(H,17,18). The van der Waals surface area contributed by atoms with E-state index in [0.29, 0.717) is 25.3 Å². The van der Waals surface area contributed by atoms with Crippen molar-refractivity contribution in [2.75, 3.05) is 19.6 Å². The molecule has 1 rings (SSSR count). The second kappa shape index (κ2) is 8.08. The molecule has 5 nitrogen and oxygen atoms in total. The van der Waals surface area contributed by atoms with Crippen LogP contribution in [0.1, 0.15) is 44.9 Å². The average molecular weight is 256 g/mol. The van der Waals surface area contributed by atoms with E-state index in [-0.39, 0.29) is 12.3 Å². The molecule has 0 saturated carbocycles. The Balaban J connectivity index is 2.16. The van der Waals surface area contributed by atoms with Gasteiger partial charge in [-0.1, -0.05) is 6.42 Å². The summed E-state index contributed by atoms with van der Waals surface area (Å²) in [5.74, 6) is -0.166.